The van der Waals surface area contributed by atoms with Crippen LogP contribution in [-0.4, -0.2) is 17.3 Å². The highest BCUT2D eigenvalue weighted by Crippen LogP contribution is 2.35. The number of nitro groups is 1. The van der Waals surface area contributed by atoms with Crippen molar-refractivity contribution in [2.75, 3.05) is 0 Å². The Bertz CT molecular complexity index is 443. The van der Waals surface area contributed by atoms with Crippen molar-refractivity contribution in [3.8, 4) is 5.75 Å². The zero-order chi connectivity index (χ0) is 13.2. The third-order valence-electron chi connectivity index (χ3n) is 1.82. The van der Waals surface area contributed by atoms with Crippen molar-refractivity contribution in [3.63, 3.8) is 0 Å². The predicted molar refractivity (Wildman–Crippen MR) is 54.7 cm³/mol. The van der Waals surface area contributed by atoms with Crippen LogP contribution in [0.25, 0.3) is 0 Å². The molecule has 8 heteroatoms. The number of hydrogen-bond donors (Lipinski definition) is 0. The molecular formula is C9H6ClF2NO4. The van der Waals surface area contributed by atoms with E-state index < -0.39 is 28.8 Å². The lowest BCUT2D eigenvalue weighted by molar-refractivity contribution is -0.386. The lowest BCUT2D eigenvalue weighted by atomic mass is 10.1. The first kappa shape index (κ1) is 13.3. The Balaban J connectivity index is 3.47. The summed E-state index contributed by atoms with van der Waals surface area (Å²) in [7, 11) is 0. The Morgan fingerprint density at radius 1 is 1.53 bits per heavy atom. The lowest BCUT2D eigenvalue weighted by Crippen LogP contribution is -2.09. The second kappa shape index (κ2) is 5.05. The molecule has 5 nitrogen and oxygen atoms in total. The van der Waals surface area contributed by atoms with Crippen LogP contribution >= 0.6 is 11.6 Å². The fraction of sp³-hybridized carbons (Fsp3) is 0.222. The molecule has 0 aliphatic rings. The second-order valence-electron chi connectivity index (χ2n) is 2.99. The van der Waals surface area contributed by atoms with Crippen molar-refractivity contribution in [1.29, 1.82) is 0 Å². The molecule has 1 rings (SSSR count). The Morgan fingerprint density at radius 2 is 2.12 bits per heavy atom. The number of carbonyl (C=O) groups excluding carboxylic acids is 1. The number of ketones is 1. The van der Waals surface area contributed by atoms with Gasteiger partial charge in [0.05, 0.1) is 10.5 Å². The molecule has 17 heavy (non-hydrogen) atoms. The molecule has 0 heterocycles. The zero-order valence-electron chi connectivity index (χ0n) is 8.45. The Kier molecular flexibility index (Phi) is 3.95. The van der Waals surface area contributed by atoms with Gasteiger partial charge in [0.1, 0.15) is 0 Å². The minimum atomic E-state index is -3.27. The van der Waals surface area contributed by atoms with Crippen molar-refractivity contribution in [1.82, 2.24) is 0 Å². The Hall–Kier alpha value is -1.76. The van der Waals surface area contributed by atoms with E-state index in [1.807, 2.05) is 0 Å². The van der Waals surface area contributed by atoms with Gasteiger partial charge < -0.3 is 4.74 Å². The first-order chi connectivity index (χ1) is 7.82. The molecule has 0 radical (unpaired) electrons. The van der Waals surface area contributed by atoms with Crippen LogP contribution in [0.15, 0.2) is 12.1 Å². The molecule has 0 saturated heterocycles. The van der Waals surface area contributed by atoms with Crippen LogP contribution in [0.4, 0.5) is 14.5 Å². The molecule has 92 valence electrons. The van der Waals surface area contributed by atoms with Crippen molar-refractivity contribution < 1.29 is 23.2 Å². The van der Waals surface area contributed by atoms with E-state index >= 15 is 0 Å². The summed E-state index contributed by atoms with van der Waals surface area (Å²) in [6.45, 7) is -2.21. The minimum Gasteiger partial charge on any atom is -0.427 e. The highest BCUT2D eigenvalue weighted by Gasteiger charge is 2.25. The smallest absolute Gasteiger partial charge is 0.387 e. The number of rotatable bonds is 4. The van der Waals surface area contributed by atoms with E-state index in [4.69, 9.17) is 11.6 Å². The average molecular weight is 266 g/mol. The average Bonchev–Trinajstić information content (AvgIpc) is 2.18. The van der Waals surface area contributed by atoms with Crippen molar-refractivity contribution in [2.45, 2.75) is 13.5 Å². The fourth-order valence-corrected chi connectivity index (χ4v) is 1.40. The summed E-state index contributed by atoms with van der Waals surface area (Å²) in [6, 6.07) is 1.88. The van der Waals surface area contributed by atoms with Crippen LogP contribution in [-0.2, 0) is 0 Å². The third-order valence-corrected chi connectivity index (χ3v) is 2.04. The normalized spacial score (nSPS) is 10.4. The number of halogens is 3. The van der Waals surface area contributed by atoms with Crippen molar-refractivity contribution >= 4 is 23.1 Å². The molecule has 0 bridgehead atoms. The molecule has 0 aliphatic heterocycles. The molecule has 1 aromatic rings. The van der Waals surface area contributed by atoms with Gasteiger partial charge in [0.15, 0.2) is 5.78 Å². The molecule has 0 unspecified atom stereocenters. The monoisotopic (exact) mass is 265 g/mol. The van der Waals surface area contributed by atoms with Gasteiger partial charge in [0.2, 0.25) is 5.75 Å². The number of benzene rings is 1. The number of hydrogen-bond acceptors (Lipinski definition) is 4. The SMILES string of the molecule is CC(=O)c1cc(Cl)cc([N+](=O)[O-])c1OC(F)F. The summed E-state index contributed by atoms with van der Waals surface area (Å²) < 4.78 is 28.2. The van der Waals surface area contributed by atoms with Crippen molar-refractivity contribution in [3.05, 3.63) is 32.8 Å². The summed E-state index contributed by atoms with van der Waals surface area (Å²) in [5.74, 6) is -1.44. The molecule has 0 aromatic heterocycles. The second-order valence-corrected chi connectivity index (χ2v) is 3.43. The summed E-state index contributed by atoms with van der Waals surface area (Å²) in [4.78, 5) is 20.9. The maximum absolute atomic E-state index is 12.1. The van der Waals surface area contributed by atoms with Gasteiger partial charge in [0, 0.05) is 11.1 Å². The van der Waals surface area contributed by atoms with Crippen LogP contribution in [0.2, 0.25) is 5.02 Å². The van der Waals surface area contributed by atoms with E-state index in [0.29, 0.717) is 0 Å². The Morgan fingerprint density at radius 3 is 2.53 bits per heavy atom. The van der Waals surface area contributed by atoms with Gasteiger partial charge >= 0.3 is 12.3 Å². The van der Waals surface area contributed by atoms with Crippen LogP contribution in [0, 0.1) is 10.1 Å². The van der Waals surface area contributed by atoms with Gasteiger partial charge in [-0.15, -0.1) is 0 Å². The largest absolute Gasteiger partial charge is 0.427 e. The van der Waals surface area contributed by atoms with Gasteiger partial charge in [-0.05, 0) is 13.0 Å². The highest BCUT2D eigenvalue weighted by atomic mass is 35.5. The number of nitrogens with zero attached hydrogens (tertiary/aromatic N) is 1. The summed E-state index contributed by atoms with van der Waals surface area (Å²) in [5.41, 5.74) is -1.13. The summed E-state index contributed by atoms with van der Waals surface area (Å²) in [6.07, 6.45) is 0. The van der Waals surface area contributed by atoms with E-state index in [2.05, 4.69) is 4.74 Å². The van der Waals surface area contributed by atoms with Crippen LogP contribution < -0.4 is 4.74 Å². The number of nitro benzene ring substituents is 1. The van der Waals surface area contributed by atoms with Gasteiger partial charge in [-0.2, -0.15) is 8.78 Å². The number of Topliss-reactive ketones (excluding diaryl/α,β-unsaturated/α-hetero) is 1. The van der Waals surface area contributed by atoms with E-state index in [0.717, 1.165) is 19.1 Å². The van der Waals surface area contributed by atoms with E-state index in [9.17, 15) is 23.7 Å². The standard InChI is InChI=1S/C9H6ClF2NO4/c1-4(14)6-2-5(10)3-7(13(15)16)8(6)17-9(11)12/h2-3,9H,1H3. The van der Waals surface area contributed by atoms with Gasteiger partial charge in [-0.1, -0.05) is 11.6 Å². The Labute approximate surface area is 99.1 Å². The molecule has 0 saturated carbocycles. The van der Waals surface area contributed by atoms with Crippen molar-refractivity contribution in [2.24, 2.45) is 0 Å². The van der Waals surface area contributed by atoms with Crippen LogP contribution in [0.1, 0.15) is 17.3 Å². The number of alkyl halides is 2. The first-order valence-corrected chi connectivity index (χ1v) is 4.64. The lowest BCUT2D eigenvalue weighted by Gasteiger charge is -2.09. The molecule has 0 spiro atoms. The van der Waals surface area contributed by atoms with E-state index in [1.165, 1.54) is 0 Å². The maximum atomic E-state index is 12.1. The first-order valence-electron chi connectivity index (χ1n) is 4.26. The van der Waals surface area contributed by atoms with E-state index in [1.54, 1.807) is 0 Å². The third kappa shape index (κ3) is 3.10. The maximum Gasteiger partial charge on any atom is 0.387 e. The molecule has 0 atom stereocenters. The van der Waals surface area contributed by atoms with Gasteiger partial charge in [0.25, 0.3) is 0 Å². The number of carbonyl (C=O) groups is 1. The minimum absolute atomic E-state index is 0.108. The highest BCUT2D eigenvalue weighted by molar-refractivity contribution is 6.31. The van der Waals surface area contributed by atoms with Crippen LogP contribution in [0.3, 0.4) is 0 Å². The quantitative estimate of drug-likeness (QED) is 0.477. The summed E-state index contributed by atoms with van der Waals surface area (Å²) >= 11 is 5.55. The number of ether oxygens (including phenoxy) is 1. The molecule has 0 fully saturated rings. The molecule has 0 aliphatic carbocycles. The van der Waals surface area contributed by atoms with Gasteiger partial charge in [-0.25, -0.2) is 0 Å². The predicted octanol–water partition coefficient (Wildman–Crippen LogP) is 3.05. The molecular weight excluding hydrogens is 260 g/mol. The molecule has 1 aromatic carbocycles. The zero-order valence-corrected chi connectivity index (χ0v) is 9.20. The fourth-order valence-electron chi connectivity index (χ4n) is 1.19. The summed E-state index contributed by atoms with van der Waals surface area (Å²) in [5, 5.41) is 10.5. The topological polar surface area (TPSA) is 69.4 Å². The van der Waals surface area contributed by atoms with Crippen LogP contribution in [0.5, 0.6) is 5.75 Å². The molecule has 0 N–H and O–H groups in total. The van der Waals surface area contributed by atoms with Gasteiger partial charge in [-0.3, -0.25) is 14.9 Å². The van der Waals surface area contributed by atoms with E-state index in [-0.39, 0.29) is 10.6 Å². The molecule has 0 amide bonds.